The third-order valence-corrected chi connectivity index (χ3v) is 4.40. The van der Waals surface area contributed by atoms with Gasteiger partial charge in [0.2, 0.25) is 0 Å². The number of para-hydroxylation sites is 1. The fourth-order valence-electron chi connectivity index (χ4n) is 2.68. The number of anilines is 2. The highest BCUT2D eigenvalue weighted by atomic mass is 16.5. The van der Waals surface area contributed by atoms with E-state index in [0.717, 1.165) is 12.8 Å². The fourth-order valence-corrected chi connectivity index (χ4v) is 2.68. The average Bonchev–Trinajstić information content (AvgIpc) is 3.53. The third-order valence-electron chi connectivity index (χ3n) is 4.40. The van der Waals surface area contributed by atoms with Gasteiger partial charge in [0, 0.05) is 24.3 Å². The summed E-state index contributed by atoms with van der Waals surface area (Å²) in [4.78, 5) is 24.7. The number of carbonyl (C=O) groups is 1. The van der Waals surface area contributed by atoms with Gasteiger partial charge in [0.05, 0.1) is 6.20 Å². The predicted molar refractivity (Wildman–Crippen MR) is 106 cm³/mol. The van der Waals surface area contributed by atoms with Crippen molar-refractivity contribution < 1.29 is 9.53 Å². The lowest BCUT2D eigenvalue weighted by molar-refractivity contribution is 0.0951. The first-order valence-electron chi connectivity index (χ1n) is 9.07. The first-order valence-corrected chi connectivity index (χ1v) is 9.07. The van der Waals surface area contributed by atoms with E-state index in [2.05, 4.69) is 15.7 Å². The van der Waals surface area contributed by atoms with Crippen molar-refractivity contribution in [1.82, 2.24) is 15.1 Å². The first-order chi connectivity index (χ1) is 13.6. The molecule has 7 heteroatoms. The molecule has 0 spiro atoms. The fraction of sp³-hybridized carbons (Fsp3) is 0.190. The van der Waals surface area contributed by atoms with Gasteiger partial charge in [0.15, 0.2) is 11.4 Å². The Labute approximate surface area is 162 Å². The molecule has 142 valence electrons. The maximum atomic E-state index is 12.6. The van der Waals surface area contributed by atoms with Crippen molar-refractivity contribution in [3.8, 4) is 11.5 Å². The molecule has 0 unspecified atom stereocenters. The zero-order valence-electron chi connectivity index (χ0n) is 15.4. The van der Waals surface area contributed by atoms with Crippen LogP contribution >= 0.6 is 0 Å². The molecule has 1 amide bonds. The molecule has 0 aliphatic heterocycles. The van der Waals surface area contributed by atoms with Crippen molar-refractivity contribution in [2.75, 3.05) is 5.32 Å². The molecule has 28 heavy (non-hydrogen) atoms. The topological polar surface area (TPSA) is 85.2 Å². The Balaban J connectivity index is 1.57. The van der Waals surface area contributed by atoms with Crippen molar-refractivity contribution in [2.24, 2.45) is 7.05 Å². The molecule has 1 aromatic heterocycles. The predicted octanol–water partition coefficient (Wildman–Crippen LogP) is 3.21. The molecular weight excluding hydrogens is 356 g/mol. The van der Waals surface area contributed by atoms with Gasteiger partial charge >= 0.3 is 0 Å². The van der Waals surface area contributed by atoms with Crippen molar-refractivity contribution in [3.63, 3.8) is 0 Å². The molecule has 2 aromatic carbocycles. The second-order valence-corrected chi connectivity index (χ2v) is 6.68. The molecule has 0 bridgehead atoms. The van der Waals surface area contributed by atoms with Crippen LogP contribution in [-0.2, 0) is 7.05 Å². The van der Waals surface area contributed by atoms with Crippen LogP contribution in [0.3, 0.4) is 0 Å². The third kappa shape index (κ3) is 4.03. The summed E-state index contributed by atoms with van der Waals surface area (Å²) in [5.41, 5.74) is 1.21. The van der Waals surface area contributed by atoms with Gasteiger partial charge in [-0.15, -0.1) is 0 Å². The maximum Gasteiger partial charge on any atom is 0.294 e. The Morgan fingerprint density at radius 3 is 2.50 bits per heavy atom. The van der Waals surface area contributed by atoms with Gasteiger partial charge in [-0.25, -0.2) is 4.68 Å². The number of hydrogen-bond donors (Lipinski definition) is 2. The molecule has 1 saturated carbocycles. The van der Waals surface area contributed by atoms with Crippen molar-refractivity contribution in [2.45, 2.75) is 18.9 Å². The Kier molecular flexibility index (Phi) is 4.80. The number of aromatic nitrogens is 2. The summed E-state index contributed by atoms with van der Waals surface area (Å²) in [7, 11) is 1.57. The summed E-state index contributed by atoms with van der Waals surface area (Å²) in [6, 6.07) is 16.5. The molecule has 4 rings (SSSR count). The minimum Gasteiger partial charge on any atom is -0.453 e. The highest BCUT2D eigenvalue weighted by Gasteiger charge is 2.23. The number of ether oxygens (including phenoxy) is 1. The average molecular weight is 376 g/mol. The number of carbonyl (C=O) groups excluding carboxylic acids is 1. The van der Waals surface area contributed by atoms with Gasteiger partial charge in [0.1, 0.15) is 5.75 Å². The zero-order chi connectivity index (χ0) is 19.5. The van der Waals surface area contributed by atoms with E-state index in [-0.39, 0.29) is 17.2 Å². The monoisotopic (exact) mass is 376 g/mol. The smallest absolute Gasteiger partial charge is 0.294 e. The minimum atomic E-state index is -0.316. The van der Waals surface area contributed by atoms with E-state index >= 15 is 0 Å². The van der Waals surface area contributed by atoms with Crippen molar-refractivity contribution in [1.29, 1.82) is 0 Å². The van der Waals surface area contributed by atoms with Crippen LogP contribution in [0.1, 0.15) is 23.2 Å². The van der Waals surface area contributed by atoms with E-state index in [1.807, 2.05) is 18.2 Å². The Bertz CT molecular complexity index is 1040. The van der Waals surface area contributed by atoms with Crippen LogP contribution in [0.2, 0.25) is 0 Å². The first kappa shape index (κ1) is 17.8. The zero-order valence-corrected chi connectivity index (χ0v) is 15.4. The molecule has 2 N–H and O–H groups in total. The molecule has 1 fully saturated rings. The van der Waals surface area contributed by atoms with Crippen LogP contribution in [0, 0.1) is 0 Å². The second-order valence-electron chi connectivity index (χ2n) is 6.68. The van der Waals surface area contributed by atoms with Gasteiger partial charge < -0.3 is 15.4 Å². The van der Waals surface area contributed by atoms with Gasteiger partial charge in [-0.3, -0.25) is 9.59 Å². The summed E-state index contributed by atoms with van der Waals surface area (Å²) in [6.45, 7) is 0. The number of hydrogen-bond acceptors (Lipinski definition) is 5. The number of aryl methyl sites for hydroxylation is 1. The van der Waals surface area contributed by atoms with E-state index in [4.69, 9.17) is 4.74 Å². The Morgan fingerprint density at radius 2 is 1.82 bits per heavy atom. The molecule has 0 saturated heterocycles. The van der Waals surface area contributed by atoms with E-state index in [9.17, 15) is 9.59 Å². The van der Waals surface area contributed by atoms with E-state index < -0.39 is 0 Å². The van der Waals surface area contributed by atoms with E-state index in [0.29, 0.717) is 28.8 Å². The van der Waals surface area contributed by atoms with Crippen molar-refractivity contribution in [3.05, 3.63) is 76.7 Å². The molecule has 1 heterocycles. The second kappa shape index (κ2) is 7.56. The number of rotatable bonds is 6. The van der Waals surface area contributed by atoms with Crippen LogP contribution in [0.4, 0.5) is 11.4 Å². The quantitative estimate of drug-likeness (QED) is 0.690. The van der Waals surface area contributed by atoms with Gasteiger partial charge in [-0.1, -0.05) is 18.2 Å². The molecule has 7 nitrogen and oxygen atoms in total. The van der Waals surface area contributed by atoms with Gasteiger partial charge in [-0.2, -0.15) is 5.10 Å². The van der Waals surface area contributed by atoms with E-state index in [1.54, 1.807) is 43.4 Å². The number of amides is 1. The normalized spacial score (nSPS) is 13.0. The molecule has 0 atom stereocenters. The minimum absolute atomic E-state index is 0.0815. The molecular formula is C21H20N4O3. The standard InChI is InChI=1S/C21H20N4O3/c1-25-21(27)19(18(13-22-25)28-17-5-3-2-4-6-17)23-15-9-7-14(8-10-15)20(26)24-16-11-12-16/h2-10,13,16,23H,11-12H2,1H3,(H,24,26). The van der Waals surface area contributed by atoms with Crippen LogP contribution in [-0.4, -0.2) is 21.7 Å². The lowest BCUT2D eigenvalue weighted by atomic mass is 10.2. The summed E-state index contributed by atoms with van der Waals surface area (Å²) in [6.07, 6.45) is 3.58. The Hall–Kier alpha value is -3.61. The summed E-state index contributed by atoms with van der Waals surface area (Å²) < 4.78 is 7.06. The van der Waals surface area contributed by atoms with Crippen LogP contribution < -0.4 is 20.9 Å². The number of benzene rings is 2. The van der Waals surface area contributed by atoms with Crippen LogP contribution in [0.25, 0.3) is 0 Å². The molecule has 1 aliphatic rings. The molecule has 0 radical (unpaired) electrons. The largest absolute Gasteiger partial charge is 0.453 e. The van der Waals surface area contributed by atoms with E-state index in [1.165, 1.54) is 10.9 Å². The number of nitrogens with one attached hydrogen (secondary N) is 2. The van der Waals surface area contributed by atoms with Crippen LogP contribution in [0.15, 0.2) is 65.6 Å². The summed E-state index contributed by atoms with van der Waals surface area (Å²) in [5.74, 6) is 0.847. The molecule has 1 aliphatic carbocycles. The summed E-state index contributed by atoms with van der Waals surface area (Å²) >= 11 is 0. The molecule has 3 aromatic rings. The lowest BCUT2D eigenvalue weighted by Gasteiger charge is -2.13. The van der Waals surface area contributed by atoms with Crippen molar-refractivity contribution >= 4 is 17.3 Å². The summed E-state index contributed by atoms with van der Waals surface area (Å²) in [5, 5.41) is 10.1. The number of nitrogens with zero attached hydrogens (tertiary/aromatic N) is 2. The SMILES string of the molecule is Cn1ncc(Oc2ccccc2)c(Nc2ccc(C(=O)NC3CC3)cc2)c1=O. The van der Waals surface area contributed by atoms with Gasteiger partial charge in [0.25, 0.3) is 11.5 Å². The maximum absolute atomic E-state index is 12.6. The Morgan fingerprint density at radius 1 is 1.11 bits per heavy atom. The lowest BCUT2D eigenvalue weighted by Crippen LogP contribution is -2.25. The highest BCUT2D eigenvalue weighted by Crippen LogP contribution is 2.28. The van der Waals surface area contributed by atoms with Crippen LogP contribution in [0.5, 0.6) is 11.5 Å². The highest BCUT2D eigenvalue weighted by molar-refractivity contribution is 5.95. The van der Waals surface area contributed by atoms with Gasteiger partial charge in [-0.05, 0) is 49.2 Å².